The molecule has 0 spiro atoms. The Labute approximate surface area is 191 Å². The Morgan fingerprint density at radius 1 is 1.29 bits per heavy atom. The van der Waals surface area contributed by atoms with Crippen molar-refractivity contribution in [3.63, 3.8) is 0 Å². The van der Waals surface area contributed by atoms with Crippen LogP contribution in [0, 0.1) is 0 Å². The minimum Gasteiger partial charge on any atom is -0.494 e. The van der Waals surface area contributed by atoms with Gasteiger partial charge in [0.05, 0.1) is 6.61 Å². The Kier molecular flexibility index (Phi) is 7.87. The molecular weight excluding hydrogens is 460 g/mol. The normalized spacial score (nSPS) is 20.0. The van der Waals surface area contributed by atoms with Gasteiger partial charge in [-0.15, -0.1) is 6.58 Å². The second-order valence-corrected chi connectivity index (χ2v) is 8.27. The van der Waals surface area contributed by atoms with Crippen molar-refractivity contribution in [3.8, 4) is 5.75 Å². The third-order valence-electron chi connectivity index (χ3n) is 5.12. The summed E-state index contributed by atoms with van der Waals surface area (Å²) in [6.07, 6.45) is 2.19. The van der Waals surface area contributed by atoms with Gasteiger partial charge in [0.25, 0.3) is 5.91 Å². The molecule has 2 aromatic rings. The minimum atomic E-state index is -1.08. The van der Waals surface area contributed by atoms with E-state index in [9.17, 15) is 4.79 Å². The van der Waals surface area contributed by atoms with Crippen LogP contribution >= 0.6 is 15.9 Å². The van der Waals surface area contributed by atoms with Gasteiger partial charge in [0, 0.05) is 36.0 Å². The Morgan fingerprint density at radius 3 is 2.65 bits per heavy atom. The number of aliphatic hydroxyl groups is 1. The number of hydrogen-bond acceptors (Lipinski definition) is 5. The average Bonchev–Trinajstić information content (AvgIpc) is 3.11. The molecule has 7 heteroatoms. The molecule has 0 radical (unpaired) electrons. The molecule has 164 valence electrons. The van der Waals surface area contributed by atoms with Crippen LogP contribution in [0.2, 0.25) is 0 Å². The van der Waals surface area contributed by atoms with Gasteiger partial charge in [0.15, 0.2) is 5.54 Å². The van der Waals surface area contributed by atoms with Crippen LogP contribution in [0.3, 0.4) is 0 Å². The molecular formula is C24H27BrN2O4. The van der Waals surface area contributed by atoms with Gasteiger partial charge >= 0.3 is 0 Å². The predicted molar refractivity (Wildman–Crippen MR) is 125 cm³/mol. The molecule has 0 aliphatic carbocycles. The molecule has 0 saturated heterocycles. The monoisotopic (exact) mass is 486 g/mol. The number of hydrogen-bond donors (Lipinski definition) is 2. The van der Waals surface area contributed by atoms with Crippen LogP contribution in [0.25, 0.3) is 0 Å². The maximum absolute atomic E-state index is 13.2. The summed E-state index contributed by atoms with van der Waals surface area (Å²) in [7, 11) is 0. The molecule has 2 atom stereocenters. The van der Waals surface area contributed by atoms with E-state index >= 15 is 0 Å². The lowest BCUT2D eigenvalue weighted by Crippen LogP contribution is -2.52. The molecule has 2 N–H and O–H groups in total. The average molecular weight is 487 g/mol. The molecule has 0 fully saturated rings. The van der Waals surface area contributed by atoms with Gasteiger partial charge in [-0.05, 0) is 48.9 Å². The van der Waals surface area contributed by atoms with E-state index in [-0.39, 0.29) is 12.5 Å². The first kappa shape index (κ1) is 23.0. The molecule has 3 rings (SSSR count). The van der Waals surface area contributed by atoms with Crippen molar-refractivity contribution in [1.82, 2.24) is 5.32 Å². The highest BCUT2D eigenvalue weighted by Gasteiger charge is 2.50. The zero-order valence-corrected chi connectivity index (χ0v) is 19.1. The lowest BCUT2D eigenvalue weighted by atomic mass is 9.86. The number of carbonyl (C=O) groups is 1. The first-order valence-electron chi connectivity index (χ1n) is 10.2. The number of aliphatic imine (C=N–C) groups is 1. The number of nitrogens with one attached hydrogen (secondary N) is 1. The largest absolute Gasteiger partial charge is 0.494 e. The fourth-order valence-electron chi connectivity index (χ4n) is 3.37. The van der Waals surface area contributed by atoms with Crippen LogP contribution < -0.4 is 10.1 Å². The summed E-state index contributed by atoms with van der Waals surface area (Å²) in [5, 5.41) is 11.8. The summed E-state index contributed by atoms with van der Waals surface area (Å²) in [4.78, 5) is 18.0. The topological polar surface area (TPSA) is 80.2 Å². The first-order chi connectivity index (χ1) is 15.0. The quantitative estimate of drug-likeness (QED) is 0.396. The van der Waals surface area contributed by atoms with Crippen molar-refractivity contribution < 1.29 is 19.4 Å². The highest BCUT2D eigenvalue weighted by Crippen LogP contribution is 2.33. The lowest BCUT2D eigenvalue weighted by molar-refractivity contribution is -0.128. The molecule has 31 heavy (non-hydrogen) atoms. The number of amides is 1. The fraction of sp³-hybridized carbons (Fsp3) is 0.333. The van der Waals surface area contributed by atoms with E-state index < -0.39 is 11.6 Å². The summed E-state index contributed by atoms with van der Waals surface area (Å²) in [5.41, 5.74) is 0.684. The van der Waals surface area contributed by atoms with Crippen molar-refractivity contribution in [2.75, 3.05) is 19.8 Å². The van der Waals surface area contributed by atoms with Crippen LogP contribution in [0.4, 0.5) is 0 Å². The molecule has 0 bridgehead atoms. The van der Waals surface area contributed by atoms with Crippen molar-refractivity contribution in [2.24, 2.45) is 4.99 Å². The molecule has 1 heterocycles. The van der Waals surface area contributed by atoms with Gasteiger partial charge in [-0.2, -0.15) is 0 Å². The molecule has 6 nitrogen and oxygen atoms in total. The van der Waals surface area contributed by atoms with Gasteiger partial charge < -0.3 is 19.9 Å². The van der Waals surface area contributed by atoms with Crippen LogP contribution in [0.1, 0.15) is 24.5 Å². The summed E-state index contributed by atoms with van der Waals surface area (Å²) < 4.78 is 12.6. The number of rotatable bonds is 10. The van der Waals surface area contributed by atoms with Crippen LogP contribution in [-0.4, -0.2) is 48.3 Å². The van der Waals surface area contributed by atoms with E-state index in [0.29, 0.717) is 37.6 Å². The van der Waals surface area contributed by atoms with Crippen molar-refractivity contribution in [1.29, 1.82) is 0 Å². The fourth-order valence-corrected chi connectivity index (χ4v) is 3.64. The predicted octanol–water partition coefficient (Wildman–Crippen LogP) is 3.66. The zero-order valence-electron chi connectivity index (χ0n) is 17.5. The summed E-state index contributed by atoms with van der Waals surface area (Å²) in [6.45, 7) is 6.45. The molecule has 1 amide bonds. The Hall–Kier alpha value is -2.64. The molecule has 0 aromatic heterocycles. The van der Waals surface area contributed by atoms with Crippen molar-refractivity contribution in [3.05, 3.63) is 76.8 Å². The minimum absolute atomic E-state index is 0.0922. The van der Waals surface area contributed by atoms with E-state index in [2.05, 4.69) is 27.8 Å². The van der Waals surface area contributed by atoms with Gasteiger partial charge in [0.1, 0.15) is 11.9 Å². The van der Waals surface area contributed by atoms with Crippen LogP contribution in [-0.2, 0) is 16.0 Å². The zero-order chi connectivity index (χ0) is 22.3. The van der Waals surface area contributed by atoms with E-state index in [1.807, 2.05) is 55.5 Å². The third kappa shape index (κ3) is 5.54. The first-order valence-corrected chi connectivity index (χ1v) is 11.0. The Morgan fingerprint density at radius 2 is 2.00 bits per heavy atom. The van der Waals surface area contributed by atoms with Gasteiger partial charge in [-0.3, -0.25) is 4.79 Å². The van der Waals surface area contributed by atoms with E-state index in [0.717, 1.165) is 15.6 Å². The van der Waals surface area contributed by atoms with Crippen molar-refractivity contribution in [2.45, 2.75) is 31.4 Å². The van der Waals surface area contributed by atoms with Gasteiger partial charge in [-0.25, -0.2) is 4.99 Å². The number of nitrogens with zero attached hydrogens (tertiary/aromatic N) is 1. The van der Waals surface area contributed by atoms with E-state index in [1.165, 1.54) is 0 Å². The standard InChI is InChI=1S/C24H27BrN2O4/c1-3-13-26-23(29)24(16-18-5-9-20(25)10-6-18)17(2)31-22(27-24)19-7-11-21(12-8-19)30-15-4-14-28/h3,5-12,17,28H,1,4,13-16H2,2H3,(H,26,29)/t17-,24-/m1/s1. The lowest BCUT2D eigenvalue weighted by Gasteiger charge is -2.28. The van der Waals surface area contributed by atoms with Crippen molar-refractivity contribution >= 4 is 27.7 Å². The SMILES string of the molecule is C=CCNC(=O)[C@]1(Cc2ccc(Br)cc2)N=C(c2ccc(OCCCO)cc2)O[C@@H]1C. The number of aliphatic hydroxyl groups excluding tert-OH is 1. The third-order valence-corrected chi connectivity index (χ3v) is 5.65. The second-order valence-electron chi connectivity index (χ2n) is 7.35. The smallest absolute Gasteiger partial charge is 0.252 e. The number of ether oxygens (including phenoxy) is 2. The Balaban J connectivity index is 1.88. The summed E-state index contributed by atoms with van der Waals surface area (Å²) in [6, 6.07) is 15.2. The van der Waals surface area contributed by atoms with E-state index in [1.54, 1.807) is 6.08 Å². The van der Waals surface area contributed by atoms with Gasteiger partial charge in [-0.1, -0.05) is 34.1 Å². The molecule has 0 saturated carbocycles. The molecule has 1 aliphatic rings. The molecule has 2 aromatic carbocycles. The van der Waals surface area contributed by atoms with E-state index in [4.69, 9.17) is 19.6 Å². The van der Waals surface area contributed by atoms with Crippen LogP contribution in [0.15, 0.2) is 70.7 Å². The molecule has 1 aliphatic heterocycles. The highest BCUT2D eigenvalue weighted by molar-refractivity contribution is 9.10. The number of carbonyl (C=O) groups excluding carboxylic acids is 1. The van der Waals surface area contributed by atoms with Crippen LogP contribution in [0.5, 0.6) is 5.75 Å². The Bertz CT molecular complexity index is 928. The maximum Gasteiger partial charge on any atom is 0.252 e. The second kappa shape index (κ2) is 10.6. The molecule has 0 unspecified atom stereocenters. The summed E-state index contributed by atoms with van der Waals surface area (Å²) >= 11 is 3.45. The number of halogens is 1. The summed E-state index contributed by atoms with van der Waals surface area (Å²) in [5.74, 6) is 0.941. The number of benzene rings is 2. The maximum atomic E-state index is 13.2. The highest BCUT2D eigenvalue weighted by atomic mass is 79.9. The van der Waals surface area contributed by atoms with Gasteiger partial charge in [0.2, 0.25) is 5.90 Å².